The summed E-state index contributed by atoms with van der Waals surface area (Å²) in [5, 5.41) is 6.11. The van der Waals surface area contributed by atoms with Crippen molar-refractivity contribution in [1.29, 1.82) is 0 Å². The molecule has 4 heteroatoms. The molecule has 2 rings (SSSR count). The van der Waals surface area contributed by atoms with Gasteiger partial charge in [0, 0.05) is 22.5 Å². The normalized spacial score (nSPS) is 12.4. The zero-order chi connectivity index (χ0) is 12.3. The summed E-state index contributed by atoms with van der Waals surface area (Å²) >= 11 is 7.56. The number of benzene rings is 1. The minimum Gasteiger partial charge on any atom is -0.376 e. The Hall–Kier alpha value is -1.03. The first-order valence-corrected chi connectivity index (χ1v) is 6.72. The number of aryl methyl sites for hydroxylation is 1. The molecule has 1 aromatic heterocycles. The highest BCUT2D eigenvalue weighted by Crippen LogP contribution is 2.27. The van der Waals surface area contributed by atoms with Gasteiger partial charge in [-0.1, -0.05) is 29.3 Å². The molecule has 0 radical (unpaired) electrons. The molecular weight excluding hydrogens is 252 g/mol. The largest absolute Gasteiger partial charge is 0.376 e. The van der Waals surface area contributed by atoms with Crippen LogP contribution in [-0.2, 0) is 0 Å². The molecule has 2 nitrogen and oxygen atoms in total. The zero-order valence-corrected chi connectivity index (χ0v) is 11.2. The molecule has 0 aliphatic rings. The van der Waals surface area contributed by atoms with Gasteiger partial charge < -0.3 is 11.1 Å². The first kappa shape index (κ1) is 12.4. The number of halogens is 1. The Morgan fingerprint density at radius 3 is 2.59 bits per heavy atom. The fourth-order valence-electron chi connectivity index (χ4n) is 1.61. The van der Waals surface area contributed by atoms with E-state index in [1.807, 2.05) is 11.4 Å². The lowest BCUT2D eigenvalue weighted by Crippen LogP contribution is -2.19. The quantitative estimate of drug-likeness (QED) is 0.883. The van der Waals surface area contributed by atoms with Crippen molar-refractivity contribution in [2.75, 3.05) is 11.9 Å². The summed E-state index contributed by atoms with van der Waals surface area (Å²) in [4.78, 5) is 1.16. The van der Waals surface area contributed by atoms with Crippen LogP contribution in [0.25, 0.3) is 0 Å². The molecule has 1 heterocycles. The third-order valence-electron chi connectivity index (χ3n) is 2.56. The van der Waals surface area contributed by atoms with Gasteiger partial charge in [0.1, 0.15) is 0 Å². The average Bonchev–Trinajstić information content (AvgIpc) is 2.75. The maximum atomic E-state index is 5.93. The Bertz CT molecular complexity index is 478. The maximum absolute atomic E-state index is 5.93. The first-order chi connectivity index (χ1) is 8.19. The number of hydrogen-bond donors (Lipinski definition) is 2. The minimum atomic E-state index is 0.121. The van der Waals surface area contributed by atoms with Crippen molar-refractivity contribution in [2.24, 2.45) is 5.73 Å². The number of nitrogens with one attached hydrogen (secondary N) is 1. The van der Waals surface area contributed by atoms with E-state index in [4.69, 9.17) is 17.3 Å². The van der Waals surface area contributed by atoms with Crippen molar-refractivity contribution >= 4 is 28.6 Å². The Morgan fingerprint density at radius 2 is 2.06 bits per heavy atom. The summed E-state index contributed by atoms with van der Waals surface area (Å²) < 4.78 is 0. The molecule has 0 aliphatic carbocycles. The molecule has 0 saturated heterocycles. The van der Waals surface area contributed by atoms with Gasteiger partial charge in [-0.05, 0) is 25.1 Å². The maximum Gasteiger partial charge on any atom is 0.0729 e. The monoisotopic (exact) mass is 266 g/mol. The van der Waals surface area contributed by atoms with Crippen LogP contribution in [0.3, 0.4) is 0 Å². The summed E-state index contributed by atoms with van der Waals surface area (Å²) in [5.41, 5.74) is 8.12. The van der Waals surface area contributed by atoms with Crippen LogP contribution in [0.5, 0.6) is 0 Å². The molecule has 0 aliphatic heterocycles. The highest BCUT2D eigenvalue weighted by molar-refractivity contribution is 7.10. The van der Waals surface area contributed by atoms with E-state index in [2.05, 4.69) is 36.5 Å². The second-order valence-corrected chi connectivity index (χ2v) is 5.35. The van der Waals surface area contributed by atoms with E-state index in [-0.39, 0.29) is 6.04 Å². The van der Waals surface area contributed by atoms with Gasteiger partial charge in [-0.2, -0.15) is 0 Å². The molecule has 0 spiro atoms. The Morgan fingerprint density at radius 1 is 1.35 bits per heavy atom. The molecule has 2 aromatic rings. The zero-order valence-electron chi connectivity index (χ0n) is 9.61. The fourth-order valence-corrected chi connectivity index (χ4v) is 2.76. The summed E-state index contributed by atoms with van der Waals surface area (Å²) in [5.74, 6) is 0. The third kappa shape index (κ3) is 3.22. The number of nitrogens with two attached hydrogens (primary N) is 1. The number of hydrogen-bond acceptors (Lipinski definition) is 3. The van der Waals surface area contributed by atoms with Crippen LogP contribution < -0.4 is 11.1 Å². The van der Waals surface area contributed by atoms with Crippen LogP contribution in [0.15, 0.2) is 35.7 Å². The molecule has 0 amide bonds. The smallest absolute Gasteiger partial charge is 0.0729 e. The van der Waals surface area contributed by atoms with Gasteiger partial charge in [0.25, 0.3) is 0 Å². The number of rotatable bonds is 4. The fraction of sp³-hybridized carbons (Fsp3) is 0.231. The van der Waals surface area contributed by atoms with Gasteiger partial charge in [-0.3, -0.25) is 0 Å². The van der Waals surface area contributed by atoms with Crippen LogP contribution >= 0.6 is 22.9 Å². The summed E-state index contributed by atoms with van der Waals surface area (Å²) in [6.45, 7) is 2.62. The van der Waals surface area contributed by atoms with Crippen LogP contribution in [0, 0.1) is 6.92 Å². The van der Waals surface area contributed by atoms with Gasteiger partial charge in [-0.15, -0.1) is 11.3 Å². The van der Waals surface area contributed by atoms with E-state index < -0.39 is 0 Å². The van der Waals surface area contributed by atoms with Crippen LogP contribution in [0.4, 0.5) is 5.69 Å². The molecule has 0 bridgehead atoms. The summed E-state index contributed by atoms with van der Waals surface area (Å²) in [7, 11) is 0. The molecule has 17 heavy (non-hydrogen) atoms. The average molecular weight is 267 g/mol. The predicted octanol–water partition coefficient (Wildman–Crippen LogP) is 3.82. The van der Waals surface area contributed by atoms with E-state index in [9.17, 15) is 0 Å². The SMILES string of the molecule is Cc1ccc(NC(CN)c2cc(Cl)cs2)cc1. The van der Waals surface area contributed by atoms with Crippen molar-refractivity contribution in [3.8, 4) is 0 Å². The lowest BCUT2D eigenvalue weighted by molar-refractivity contribution is 0.806. The first-order valence-electron chi connectivity index (χ1n) is 5.46. The third-order valence-corrected chi connectivity index (χ3v) is 3.95. The molecule has 1 aromatic carbocycles. The van der Waals surface area contributed by atoms with Gasteiger partial charge in [-0.25, -0.2) is 0 Å². The molecule has 1 atom stereocenters. The van der Waals surface area contributed by atoms with Crippen LogP contribution in [-0.4, -0.2) is 6.54 Å². The van der Waals surface area contributed by atoms with Crippen molar-refractivity contribution in [3.63, 3.8) is 0 Å². The van der Waals surface area contributed by atoms with Gasteiger partial charge in [0.05, 0.1) is 11.1 Å². The lowest BCUT2D eigenvalue weighted by Gasteiger charge is -2.16. The van der Waals surface area contributed by atoms with Gasteiger partial charge >= 0.3 is 0 Å². The molecular formula is C13H15ClN2S. The van der Waals surface area contributed by atoms with E-state index >= 15 is 0 Å². The topological polar surface area (TPSA) is 38.0 Å². The molecule has 0 fully saturated rings. The predicted molar refractivity (Wildman–Crippen MR) is 75.9 cm³/mol. The lowest BCUT2D eigenvalue weighted by atomic mass is 10.2. The second-order valence-electron chi connectivity index (χ2n) is 3.97. The van der Waals surface area contributed by atoms with E-state index in [0.29, 0.717) is 6.54 Å². The Kier molecular flexibility index (Phi) is 4.05. The van der Waals surface area contributed by atoms with Crippen LogP contribution in [0.2, 0.25) is 5.02 Å². The van der Waals surface area contributed by atoms with E-state index in [1.54, 1.807) is 11.3 Å². The minimum absolute atomic E-state index is 0.121. The summed E-state index contributed by atoms with van der Waals surface area (Å²) in [6, 6.07) is 10.4. The summed E-state index contributed by atoms with van der Waals surface area (Å²) in [6.07, 6.45) is 0. The van der Waals surface area contributed by atoms with Crippen LogP contribution in [0.1, 0.15) is 16.5 Å². The van der Waals surface area contributed by atoms with Gasteiger partial charge in [0.2, 0.25) is 0 Å². The van der Waals surface area contributed by atoms with Crippen molar-refractivity contribution in [1.82, 2.24) is 0 Å². The van der Waals surface area contributed by atoms with Crippen molar-refractivity contribution < 1.29 is 0 Å². The molecule has 0 saturated carbocycles. The van der Waals surface area contributed by atoms with Crippen molar-refractivity contribution in [3.05, 3.63) is 51.2 Å². The molecule has 3 N–H and O–H groups in total. The Labute approximate surface area is 110 Å². The number of thiophene rings is 1. The van der Waals surface area contributed by atoms with E-state index in [1.165, 1.54) is 5.56 Å². The highest BCUT2D eigenvalue weighted by Gasteiger charge is 2.11. The standard InChI is InChI=1S/C13H15ClN2S/c1-9-2-4-11(5-3-9)16-12(7-15)13-6-10(14)8-17-13/h2-6,8,12,16H,7,15H2,1H3. The second kappa shape index (κ2) is 5.54. The van der Waals surface area contributed by atoms with E-state index in [0.717, 1.165) is 15.6 Å². The van der Waals surface area contributed by atoms with Crippen molar-refractivity contribution in [2.45, 2.75) is 13.0 Å². The van der Waals surface area contributed by atoms with Gasteiger partial charge in [0.15, 0.2) is 0 Å². The Balaban J connectivity index is 2.12. The molecule has 1 unspecified atom stereocenters. The number of anilines is 1. The highest BCUT2D eigenvalue weighted by atomic mass is 35.5. The molecule has 90 valence electrons.